The van der Waals surface area contributed by atoms with Crippen LogP contribution in [0.15, 0.2) is 52.3 Å². The Kier molecular flexibility index (Phi) is 6.09. The van der Waals surface area contributed by atoms with Crippen LogP contribution in [0, 0.1) is 11.7 Å². The molecule has 2 aromatic carbocycles. The van der Waals surface area contributed by atoms with Crippen molar-refractivity contribution in [2.75, 3.05) is 6.54 Å². The standard InChI is InChI=1S/C17H19ClFNS/c1-12(2)10-20-11-13-6-7-17(16(18)8-13)21-15-5-3-4-14(19)9-15/h3-9,12,20H,10-11H2,1-2H3. The molecule has 0 aromatic heterocycles. The van der Waals surface area contributed by atoms with E-state index in [1.54, 1.807) is 6.07 Å². The first-order chi connectivity index (χ1) is 10.0. The lowest BCUT2D eigenvalue weighted by Crippen LogP contribution is -2.18. The molecule has 0 unspecified atom stereocenters. The van der Waals surface area contributed by atoms with Gasteiger partial charge in [0.1, 0.15) is 5.82 Å². The monoisotopic (exact) mass is 323 g/mol. The second-order valence-electron chi connectivity index (χ2n) is 5.35. The molecule has 0 aliphatic carbocycles. The van der Waals surface area contributed by atoms with Crippen LogP contribution in [0.25, 0.3) is 0 Å². The SMILES string of the molecule is CC(C)CNCc1ccc(Sc2cccc(F)c2)c(Cl)c1. The molecule has 0 fully saturated rings. The lowest BCUT2D eigenvalue weighted by atomic mass is 10.2. The maximum absolute atomic E-state index is 13.2. The zero-order valence-electron chi connectivity index (χ0n) is 12.2. The van der Waals surface area contributed by atoms with Gasteiger partial charge < -0.3 is 5.32 Å². The number of nitrogens with one attached hydrogen (secondary N) is 1. The first-order valence-corrected chi connectivity index (χ1v) is 8.16. The van der Waals surface area contributed by atoms with Gasteiger partial charge in [-0.15, -0.1) is 0 Å². The molecule has 0 saturated heterocycles. The van der Waals surface area contributed by atoms with E-state index in [0.29, 0.717) is 10.9 Å². The molecule has 112 valence electrons. The normalized spacial score (nSPS) is 11.1. The lowest BCUT2D eigenvalue weighted by Gasteiger charge is -2.10. The first-order valence-electron chi connectivity index (χ1n) is 6.97. The van der Waals surface area contributed by atoms with E-state index in [-0.39, 0.29) is 5.82 Å². The van der Waals surface area contributed by atoms with Gasteiger partial charge >= 0.3 is 0 Å². The summed E-state index contributed by atoms with van der Waals surface area (Å²) in [5, 5.41) is 4.09. The predicted molar refractivity (Wildman–Crippen MR) is 88.5 cm³/mol. The van der Waals surface area contributed by atoms with E-state index in [2.05, 4.69) is 25.2 Å². The van der Waals surface area contributed by atoms with Crippen molar-refractivity contribution in [1.82, 2.24) is 5.32 Å². The number of hydrogen-bond acceptors (Lipinski definition) is 2. The third kappa shape index (κ3) is 5.34. The Morgan fingerprint density at radius 1 is 1.19 bits per heavy atom. The van der Waals surface area contributed by atoms with Crippen LogP contribution in [-0.4, -0.2) is 6.54 Å². The first kappa shape index (κ1) is 16.3. The van der Waals surface area contributed by atoms with Crippen molar-refractivity contribution in [2.45, 2.75) is 30.2 Å². The molecule has 21 heavy (non-hydrogen) atoms. The average Bonchev–Trinajstić information content (AvgIpc) is 2.41. The van der Waals surface area contributed by atoms with Crippen molar-refractivity contribution in [3.63, 3.8) is 0 Å². The summed E-state index contributed by atoms with van der Waals surface area (Å²) in [5.74, 6) is 0.397. The maximum Gasteiger partial charge on any atom is 0.124 e. The highest BCUT2D eigenvalue weighted by atomic mass is 35.5. The summed E-state index contributed by atoms with van der Waals surface area (Å²) in [5.41, 5.74) is 1.16. The molecule has 0 atom stereocenters. The predicted octanol–water partition coefficient (Wildman–Crippen LogP) is 5.38. The summed E-state index contributed by atoms with van der Waals surface area (Å²) >= 11 is 7.79. The van der Waals surface area contributed by atoms with Crippen LogP contribution < -0.4 is 5.32 Å². The minimum atomic E-state index is -0.231. The molecule has 2 aromatic rings. The fraction of sp³-hybridized carbons (Fsp3) is 0.294. The molecule has 2 rings (SSSR count). The van der Waals surface area contributed by atoms with Gasteiger partial charge in [-0.3, -0.25) is 0 Å². The summed E-state index contributed by atoms with van der Waals surface area (Å²) < 4.78 is 13.2. The van der Waals surface area contributed by atoms with Crippen LogP contribution in [-0.2, 0) is 6.54 Å². The van der Waals surface area contributed by atoms with Crippen molar-refractivity contribution in [3.05, 3.63) is 58.9 Å². The van der Waals surface area contributed by atoms with Crippen molar-refractivity contribution < 1.29 is 4.39 Å². The fourth-order valence-corrected chi connectivity index (χ4v) is 3.08. The van der Waals surface area contributed by atoms with Gasteiger partial charge in [0.15, 0.2) is 0 Å². The third-order valence-electron chi connectivity index (χ3n) is 2.90. The van der Waals surface area contributed by atoms with Crippen molar-refractivity contribution >= 4 is 23.4 Å². The Morgan fingerprint density at radius 2 is 2.00 bits per heavy atom. The molecule has 0 radical (unpaired) electrons. The largest absolute Gasteiger partial charge is 0.312 e. The number of halogens is 2. The van der Waals surface area contributed by atoms with Gasteiger partial charge in [0.25, 0.3) is 0 Å². The molecule has 1 nitrogen and oxygen atoms in total. The molecule has 0 heterocycles. The Hall–Kier alpha value is -1.03. The number of rotatable bonds is 6. The average molecular weight is 324 g/mol. The molecule has 0 aliphatic rings. The quantitative estimate of drug-likeness (QED) is 0.766. The molecule has 0 spiro atoms. The highest BCUT2D eigenvalue weighted by Crippen LogP contribution is 2.34. The Balaban J connectivity index is 2.02. The minimum Gasteiger partial charge on any atom is -0.312 e. The van der Waals surface area contributed by atoms with Crippen molar-refractivity contribution in [2.24, 2.45) is 5.92 Å². The highest BCUT2D eigenvalue weighted by Gasteiger charge is 2.05. The van der Waals surface area contributed by atoms with Crippen molar-refractivity contribution in [3.8, 4) is 0 Å². The molecule has 0 amide bonds. The Bertz CT molecular complexity index is 601. The molecule has 0 bridgehead atoms. The van der Waals surface area contributed by atoms with Gasteiger partial charge in [-0.25, -0.2) is 4.39 Å². The molecule has 1 N–H and O–H groups in total. The number of benzene rings is 2. The van der Waals surface area contributed by atoms with E-state index in [0.717, 1.165) is 28.4 Å². The van der Waals surface area contributed by atoms with Gasteiger partial charge in [-0.1, -0.05) is 49.3 Å². The smallest absolute Gasteiger partial charge is 0.124 e. The highest BCUT2D eigenvalue weighted by molar-refractivity contribution is 7.99. The topological polar surface area (TPSA) is 12.0 Å². The van der Waals surface area contributed by atoms with Crippen LogP contribution in [0.4, 0.5) is 4.39 Å². The number of hydrogen-bond donors (Lipinski definition) is 1. The van der Waals surface area contributed by atoms with E-state index >= 15 is 0 Å². The molecule has 4 heteroatoms. The second kappa shape index (κ2) is 7.83. The van der Waals surface area contributed by atoms with Gasteiger partial charge in [-0.05, 0) is 48.4 Å². The van der Waals surface area contributed by atoms with E-state index in [1.165, 1.54) is 23.9 Å². The van der Waals surface area contributed by atoms with E-state index in [4.69, 9.17) is 11.6 Å². The van der Waals surface area contributed by atoms with Crippen LogP contribution >= 0.6 is 23.4 Å². The molecular formula is C17H19ClFNS. The van der Waals surface area contributed by atoms with Crippen LogP contribution in [0.5, 0.6) is 0 Å². The second-order valence-corrected chi connectivity index (χ2v) is 6.87. The summed E-state index contributed by atoms with van der Waals surface area (Å²) in [6.07, 6.45) is 0. The third-order valence-corrected chi connectivity index (χ3v) is 4.39. The van der Waals surface area contributed by atoms with Crippen LogP contribution in [0.2, 0.25) is 5.02 Å². The van der Waals surface area contributed by atoms with E-state index < -0.39 is 0 Å². The Labute approximate surface area is 134 Å². The summed E-state index contributed by atoms with van der Waals surface area (Å²) in [4.78, 5) is 1.79. The Morgan fingerprint density at radius 3 is 2.67 bits per heavy atom. The van der Waals surface area contributed by atoms with Gasteiger partial charge in [-0.2, -0.15) is 0 Å². The maximum atomic E-state index is 13.2. The van der Waals surface area contributed by atoms with Gasteiger partial charge in [0, 0.05) is 16.3 Å². The zero-order valence-corrected chi connectivity index (χ0v) is 13.8. The van der Waals surface area contributed by atoms with E-state index in [1.807, 2.05) is 18.2 Å². The molecule has 0 saturated carbocycles. The van der Waals surface area contributed by atoms with Crippen molar-refractivity contribution in [1.29, 1.82) is 0 Å². The minimum absolute atomic E-state index is 0.231. The fourth-order valence-electron chi connectivity index (χ4n) is 1.90. The lowest BCUT2D eigenvalue weighted by molar-refractivity contribution is 0.552. The summed E-state index contributed by atoms with van der Waals surface area (Å²) in [7, 11) is 0. The zero-order chi connectivity index (χ0) is 15.2. The summed E-state index contributed by atoms with van der Waals surface area (Å²) in [6, 6.07) is 12.5. The van der Waals surface area contributed by atoms with Gasteiger partial charge in [0.2, 0.25) is 0 Å². The molecular weight excluding hydrogens is 305 g/mol. The van der Waals surface area contributed by atoms with E-state index in [9.17, 15) is 4.39 Å². The van der Waals surface area contributed by atoms with Crippen LogP contribution in [0.1, 0.15) is 19.4 Å². The van der Waals surface area contributed by atoms with Crippen LogP contribution in [0.3, 0.4) is 0 Å². The van der Waals surface area contributed by atoms with Gasteiger partial charge in [0.05, 0.1) is 5.02 Å². The molecule has 0 aliphatic heterocycles. The summed E-state index contributed by atoms with van der Waals surface area (Å²) in [6.45, 7) is 6.15.